The predicted octanol–water partition coefficient (Wildman–Crippen LogP) is 6.69. The Morgan fingerprint density at radius 1 is 1.07 bits per heavy atom. The number of anilines is 2. The SMILES string of the molecule is CC(Sc1cccc(NC(=O)c2ccc(F)cc2)c1)C(=O)Nc1sc2c(c1C#N)CCN(Cc1ccccc1)C2. The van der Waals surface area contributed by atoms with Crippen molar-refractivity contribution in [1.82, 2.24) is 4.90 Å². The number of benzene rings is 3. The van der Waals surface area contributed by atoms with E-state index in [2.05, 4.69) is 33.7 Å². The highest BCUT2D eigenvalue weighted by molar-refractivity contribution is 8.00. The van der Waals surface area contributed by atoms with Crippen molar-refractivity contribution in [2.75, 3.05) is 17.2 Å². The maximum absolute atomic E-state index is 13.2. The van der Waals surface area contributed by atoms with E-state index in [1.807, 2.05) is 31.2 Å². The van der Waals surface area contributed by atoms with Gasteiger partial charge in [-0.1, -0.05) is 36.4 Å². The van der Waals surface area contributed by atoms with E-state index >= 15 is 0 Å². The molecule has 0 spiro atoms. The van der Waals surface area contributed by atoms with Crippen LogP contribution in [-0.4, -0.2) is 28.5 Å². The number of thioether (sulfide) groups is 1. The first-order valence-corrected chi connectivity index (χ1v) is 14.5. The van der Waals surface area contributed by atoms with Crippen molar-refractivity contribution in [2.45, 2.75) is 36.6 Å². The van der Waals surface area contributed by atoms with Crippen LogP contribution >= 0.6 is 23.1 Å². The molecule has 6 nitrogen and oxygen atoms in total. The summed E-state index contributed by atoms with van der Waals surface area (Å²) in [5, 5.41) is 15.8. The minimum Gasteiger partial charge on any atom is -0.322 e. The predicted molar refractivity (Wildman–Crippen MR) is 158 cm³/mol. The third-order valence-corrected chi connectivity index (χ3v) is 8.84. The van der Waals surface area contributed by atoms with Crippen molar-refractivity contribution in [2.24, 2.45) is 0 Å². The van der Waals surface area contributed by atoms with Crippen LogP contribution in [0.3, 0.4) is 0 Å². The number of hydrogen-bond acceptors (Lipinski definition) is 6. The zero-order chi connectivity index (χ0) is 28.1. The summed E-state index contributed by atoms with van der Waals surface area (Å²) in [4.78, 5) is 29.9. The van der Waals surface area contributed by atoms with Crippen LogP contribution in [0.5, 0.6) is 0 Å². The highest BCUT2D eigenvalue weighted by atomic mass is 32.2. The summed E-state index contributed by atoms with van der Waals surface area (Å²) < 4.78 is 13.2. The van der Waals surface area contributed by atoms with Gasteiger partial charge in [-0.2, -0.15) is 5.26 Å². The Labute approximate surface area is 240 Å². The first-order chi connectivity index (χ1) is 19.4. The van der Waals surface area contributed by atoms with E-state index in [9.17, 15) is 19.2 Å². The maximum Gasteiger partial charge on any atom is 0.255 e. The second-order valence-corrected chi connectivity index (χ2v) is 12.0. The number of carbonyl (C=O) groups is 2. The number of amides is 2. The van der Waals surface area contributed by atoms with E-state index in [0.29, 0.717) is 21.8 Å². The Hall–Kier alpha value is -3.97. The quantitative estimate of drug-likeness (QED) is 0.231. The summed E-state index contributed by atoms with van der Waals surface area (Å²) in [6, 6.07) is 25.2. The van der Waals surface area contributed by atoms with Crippen molar-refractivity contribution >= 4 is 45.6 Å². The standard InChI is InChI=1S/C31H27FN4O2S2/c1-20(39-25-9-5-8-24(16-25)34-30(38)22-10-12-23(32)13-11-22)29(37)35-31-27(17-33)26-14-15-36(19-28(26)40-31)18-21-6-3-2-4-7-21/h2-13,16,20H,14-15,18-19H2,1H3,(H,34,38)(H,35,37). The van der Waals surface area contributed by atoms with Gasteiger partial charge in [0.15, 0.2) is 0 Å². The third kappa shape index (κ3) is 6.59. The molecule has 4 aromatic rings. The molecular formula is C31H27FN4O2S2. The van der Waals surface area contributed by atoms with E-state index in [1.54, 1.807) is 18.2 Å². The molecule has 0 bridgehead atoms. The van der Waals surface area contributed by atoms with Gasteiger partial charge in [0.05, 0.1) is 10.8 Å². The van der Waals surface area contributed by atoms with Crippen LogP contribution in [-0.2, 0) is 24.3 Å². The average molecular weight is 571 g/mol. The molecule has 0 fully saturated rings. The molecule has 40 heavy (non-hydrogen) atoms. The van der Waals surface area contributed by atoms with Crippen LogP contribution in [0.15, 0.2) is 83.8 Å². The summed E-state index contributed by atoms with van der Waals surface area (Å²) in [7, 11) is 0. The van der Waals surface area contributed by atoms with Gasteiger partial charge >= 0.3 is 0 Å². The average Bonchev–Trinajstić information content (AvgIpc) is 3.30. The van der Waals surface area contributed by atoms with Crippen LogP contribution in [0.1, 0.15) is 38.8 Å². The lowest BCUT2D eigenvalue weighted by atomic mass is 10.0. The molecular weight excluding hydrogens is 543 g/mol. The number of nitriles is 1. The van der Waals surface area contributed by atoms with Gasteiger partial charge in [-0.15, -0.1) is 23.1 Å². The topological polar surface area (TPSA) is 85.2 Å². The van der Waals surface area contributed by atoms with Gasteiger partial charge in [-0.25, -0.2) is 4.39 Å². The highest BCUT2D eigenvalue weighted by Crippen LogP contribution is 2.37. The normalized spacial score (nSPS) is 13.6. The van der Waals surface area contributed by atoms with Crippen molar-refractivity contribution in [3.63, 3.8) is 0 Å². The van der Waals surface area contributed by atoms with Crippen molar-refractivity contribution in [1.29, 1.82) is 5.26 Å². The summed E-state index contributed by atoms with van der Waals surface area (Å²) in [6.07, 6.45) is 0.776. The Bertz CT molecular complexity index is 1560. The zero-order valence-electron chi connectivity index (χ0n) is 21.8. The van der Waals surface area contributed by atoms with E-state index < -0.39 is 11.1 Å². The van der Waals surface area contributed by atoms with E-state index in [0.717, 1.165) is 41.4 Å². The summed E-state index contributed by atoms with van der Waals surface area (Å²) in [6.45, 7) is 4.27. The maximum atomic E-state index is 13.2. The largest absolute Gasteiger partial charge is 0.322 e. The van der Waals surface area contributed by atoms with Gasteiger partial charge in [0, 0.05) is 40.7 Å². The molecule has 9 heteroatoms. The molecule has 0 radical (unpaired) electrons. The van der Waals surface area contributed by atoms with Crippen molar-refractivity contribution in [3.8, 4) is 6.07 Å². The molecule has 2 N–H and O–H groups in total. The smallest absolute Gasteiger partial charge is 0.255 e. The molecule has 2 amide bonds. The van der Waals surface area contributed by atoms with Crippen LogP contribution in [0, 0.1) is 17.1 Å². The number of nitrogens with one attached hydrogen (secondary N) is 2. The number of hydrogen-bond donors (Lipinski definition) is 2. The molecule has 3 aromatic carbocycles. The zero-order valence-corrected chi connectivity index (χ0v) is 23.4. The molecule has 0 saturated carbocycles. The molecule has 0 aliphatic carbocycles. The molecule has 1 atom stereocenters. The van der Waals surface area contributed by atoms with Gasteiger partial charge in [0.2, 0.25) is 5.91 Å². The molecule has 1 aromatic heterocycles. The molecule has 1 unspecified atom stereocenters. The third-order valence-electron chi connectivity index (χ3n) is 6.61. The molecule has 5 rings (SSSR count). The molecule has 1 aliphatic heterocycles. The van der Waals surface area contributed by atoms with Gasteiger partial charge in [0.1, 0.15) is 16.9 Å². The fourth-order valence-corrected chi connectivity index (χ4v) is 6.73. The van der Waals surface area contributed by atoms with Crippen LogP contribution in [0.2, 0.25) is 0 Å². The second-order valence-electron chi connectivity index (χ2n) is 9.50. The number of rotatable bonds is 8. The van der Waals surface area contributed by atoms with Crippen molar-refractivity contribution < 1.29 is 14.0 Å². The molecule has 2 heterocycles. The van der Waals surface area contributed by atoms with Gasteiger partial charge in [0.25, 0.3) is 5.91 Å². The summed E-state index contributed by atoms with van der Waals surface area (Å²) in [5.74, 6) is -0.945. The molecule has 0 saturated heterocycles. The number of halogens is 1. The lowest BCUT2D eigenvalue weighted by Crippen LogP contribution is -2.29. The van der Waals surface area contributed by atoms with Crippen LogP contribution in [0.4, 0.5) is 15.1 Å². The van der Waals surface area contributed by atoms with Crippen LogP contribution in [0.25, 0.3) is 0 Å². The van der Waals surface area contributed by atoms with E-state index in [-0.39, 0.29) is 11.8 Å². The lowest BCUT2D eigenvalue weighted by molar-refractivity contribution is -0.115. The van der Waals surface area contributed by atoms with Gasteiger partial charge in [-0.05, 0) is 66.9 Å². The van der Waals surface area contributed by atoms with E-state index in [1.165, 1.54) is 52.9 Å². The number of carbonyl (C=O) groups excluding carboxylic acids is 2. The number of nitrogens with zero attached hydrogens (tertiary/aromatic N) is 2. The van der Waals surface area contributed by atoms with Crippen LogP contribution < -0.4 is 10.6 Å². The fourth-order valence-electron chi connectivity index (χ4n) is 4.56. The van der Waals surface area contributed by atoms with E-state index in [4.69, 9.17) is 0 Å². The monoisotopic (exact) mass is 570 g/mol. The van der Waals surface area contributed by atoms with Gasteiger partial charge < -0.3 is 10.6 Å². The Balaban J connectivity index is 1.21. The first kappa shape index (κ1) is 27.6. The second kappa shape index (κ2) is 12.5. The van der Waals surface area contributed by atoms with Crippen molar-refractivity contribution in [3.05, 3.63) is 112 Å². The minimum absolute atomic E-state index is 0.193. The Morgan fingerprint density at radius 3 is 2.60 bits per heavy atom. The Kier molecular flexibility index (Phi) is 8.60. The number of fused-ring (bicyclic) bond motifs is 1. The first-order valence-electron chi connectivity index (χ1n) is 12.8. The highest BCUT2D eigenvalue weighted by Gasteiger charge is 2.26. The summed E-state index contributed by atoms with van der Waals surface area (Å²) >= 11 is 2.85. The minimum atomic E-state index is -0.441. The molecule has 1 aliphatic rings. The Morgan fingerprint density at radius 2 is 1.85 bits per heavy atom. The number of thiophene rings is 1. The summed E-state index contributed by atoms with van der Waals surface area (Å²) in [5.41, 5.74) is 3.78. The molecule has 202 valence electrons. The fraction of sp³-hybridized carbons (Fsp3) is 0.194. The van der Waals surface area contributed by atoms with Gasteiger partial charge in [-0.3, -0.25) is 14.5 Å². The lowest BCUT2D eigenvalue weighted by Gasteiger charge is -2.26.